The predicted molar refractivity (Wildman–Crippen MR) is 80.9 cm³/mol. The quantitative estimate of drug-likeness (QED) is 0.345. The molecule has 0 saturated heterocycles. The summed E-state index contributed by atoms with van der Waals surface area (Å²) < 4.78 is 2.97. The van der Waals surface area contributed by atoms with Crippen molar-refractivity contribution in [1.82, 2.24) is 9.78 Å². The Balaban J connectivity index is 1.89. The molecule has 0 aliphatic heterocycles. The molecule has 3 aromatic rings. The number of hydrogen-bond donors (Lipinski definition) is 1. The fraction of sp³-hybridized carbons (Fsp3) is 0.0588. The van der Waals surface area contributed by atoms with Gasteiger partial charge in [0, 0.05) is 18.0 Å². The lowest BCUT2D eigenvalue weighted by Crippen LogP contribution is -2.10. The van der Waals surface area contributed by atoms with E-state index in [1.54, 1.807) is 17.1 Å². The van der Waals surface area contributed by atoms with Crippen molar-refractivity contribution in [1.29, 1.82) is 0 Å². The van der Waals surface area contributed by atoms with Crippen molar-refractivity contribution in [3.05, 3.63) is 84.2 Å². The van der Waals surface area contributed by atoms with Gasteiger partial charge in [0.1, 0.15) is 0 Å². The zero-order valence-electron chi connectivity index (χ0n) is 11.5. The standard InChI is InChI=1S/C17H16N3O/c21-19(13-15-7-2-1-3-8-15)14-16-9-4-5-10-17(16)20-12-6-11-18-20/h1-12,14,21H,13H2/q+1. The molecule has 0 fully saturated rings. The normalized spacial score (nSPS) is 11.5. The van der Waals surface area contributed by atoms with Crippen LogP contribution in [0.25, 0.3) is 5.69 Å². The van der Waals surface area contributed by atoms with E-state index in [-0.39, 0.29) is 0 Å². The number of nitrogens with zero attached hydrogens (tertiary/aromatic N) is 3. The summed E-state index contributed by atoms with van der Waals surface area (Å²) in [6, 6.07) is 19.5. The van der Waals surface area contributed by atoms with Gasteiger partial charge in [-0.2, -0.15) is 5.10 Å². The van der Waals surface area contributed by atoms with Crippen LogP contribution in [0.3, 0.4) is 0 Å². The van der Waals surface area contributed by atoms with E-state index in [1.165, 1.54) is 4.74 Å². The van der Waals surface area contributed by atoms with Crippen LogP contribution in [-0.2, 0) is 6.54 Å². The van der Waals surface area contributed by atoms with Crippen molar-refractivity contribution in [3.8, 4) is 5.69 Å². The van der Waals surface area contributed by atoms with E-state index in [4.69, 9.17) is 0 Å². The largest absolute Gasteiger partial charge is 0.290 e. The summed E-state index contributed by atoms with van der Waals surface area (Å²) in [4.78, 5) is 0. The minimum atomic E-state index is 0.439. The molecule has 21 heavy (non-hydrogen) atoms. The number of hydroxylamine groups is 1. The highest BCUT2D eigenvalue weighted by Gasteiger charge is 2.09. The zero-order valence-corrected chi connectivity index (χ0v) is 11.5. The highest BCUT2D eigenvalue weighted by molar-refractivity contribution is 5.81. The lowest BCUT2D eigenvalue weighted by molar-refractivity contribution is -0.783. The zero-order chi connectivity index (χ0) is 14.5. The van der Waals surface area contributed by atoms with Crippen LogP contribution in [0.15, 0.2) is 73.1 Å². The summed E-state index contributed by atoms with van der Waals surface area (Å²) in [5.41, 5.74) is 2.88. The highest BCUT2D eigenvalue weighted by Crippen LogP contribution is 2.11. The van der Waals surface area contributed by atoms with Crippen LogP contribution in [-0.4, -0.2) is 25.9 Å². The van der Waals surface area contributed by atoms with Gasteiger partial charge in [-0.1, -0.05) is 42.5 Å². The van der Waals surface area contributed by atoms with Crippen LogP contribution >= 0.6 is 0 Å². The average Bonchev–Trinajstić information content (AvgIpc) is 3.03. The van der Waals surface area contributed by atoms with Crippen LogP contribution < -0.4 is 0 Å². The Labute approximate surface area is 123 Å². The molecule has 0 spiro atoms. The molecular formula is C17H16N3O+. The van der Waals surface area contributed by atoms with Gasteiger partial charge in [-0.3, -0.25) is 5.21 Å². The summed E-state index contributed by atoms with van der Waals surface area (Å²) >= 11 is 0. The minimum Gasteiger partial charge on any atom is -0.290 e. The summed E-state index contributed by atoms with van der Waals surface area (Å²) in [5.74, 6) is 0. The Bertz CT molecular complexity index is 734. The van der Waals surface area contributed by atoms with Crippen LogP contribution in [0.5, 0.6) is 0 Å². The molecule has 0 amide bonds. The van der Waals surface area contributed by atoms with E-state index in [0.717, 1.165) is 16.8 Å². The van der Waals surface area contributed by atoms with Gasteiger partial charge in [-0.15, -0.1) is 0 Å². The molecule has 4 heteroatoms. The Kier molecular flexibility index (Phi) is 3.78. The molecular weight excluding hydrogens is 262 g/mol. The molecule has 0 radical (unpaired) electrons. The second kappa shape index (κ2) is 6.05. The first-order valence-electron chi connectivity index (χ1n) is 6.76. The fourth-order valence-corrected chi connectivity index (χ4v) is 2.19. The summed E-state index contributed by atoms with van der Waals surface area (Å²) in [6.45, 7) is 0.439. The molecule has 0 unspecified atom stereocenters. The highest BCUT2D eigenvalue weighted by atomic mass is 16.5. The number of aromatic nitrogens is 2. The number of hydrogen-bond acceptors (Lipinski definition) is 2. The van der Waals surface area contributed by atoms with E-state index in [1.807, 2.05) is 66.9 Å². The molecule has 1 aromatic heterocycles. The Hall–Kier alpha value is -2.88. The SMILES string of the molecule is O/[N+](=C\c1ccccc1-n1cccn1)Cc1ccccc1. The molecule has 4 nitrogen and oxygen atoms in total. The number of benzene rings is 2. The summed E-state index contributed by atoms with van der Waals surface area (Å²) in [6.07, 6.45) is 5.33. The molecule has 0 saturated carbocycles. The van der Waals surface area contributed by atoms with Gasteiger partial charge in [0.2, 0.25) is 12.8 Å². The van der Waals surface area contributed by atoms with Crippen molar-refractivity contribution >= 4 is 6.21 Å². The third-order valence-corrected chi connectivity index (χ3v) is 3.16. The minimum absolute atomic E-state index is 0.439. The first-order valence-corrected chi connectivity index (χ1v) is 6.76. The van der Waals surface area contributed by atoms with Crippen LogP contribution in [0.1, 0.15) is 11.1 Å². The van der Waals surface area contributed by atoms with Gasteiger partial charge in [0.25, 0.3) is 0 Å². The van der Waals surface area contributed by atoms with Crippen molar-refractivity contribution in [2.24, 2.45) is 0 Å². The second-order valence-electron chi connectivity index (χ2n) is 4.72. The van der Waals surface area contributed by atoms with Gasteiger partial charge in [-0.05, 0) is 22.9 Å². The molecule has 1 heterocycles. The average molecular weight is 278 g/mol. The monoisotopic (exact) mass is 278 g/mol. The van der Waals surface area contributed by atoms with Crippen molar-refractivity contribution in [2.75, 3.05) is 0 Å². The van der Waals surface area contributed by atoms with E-state index < -0.39 is 0 Å². The number of rotatable bonds is 4. The maximum Gasteiger partial charge on any atom is 0.225 e. The smallest absolute Gasteiger partial charge is 0.225 e. The molecule has 0 bridgehead atoms. The van der Waals surface area contributed by atoms with Crippen molar-refractivity contribution in [3.63, 3.8) is 0 Å². The third kappa shape index (κ3) is 3.17. The molecule has 1 N–H and O–H groups in total. The van der Waals surface area contributed by atoms with Crippen LogP contribution in [0.2, 0.25) is 0 Å². The van der Waals surface area contributed by atoms with Crippen molar-refractivity contribution in [2.45, 2.75) is 6.54 Å². The first-order chi connectivity index (χ1) is 10.3. The second-order valence-corrected chi connectivity index (χ2v) is 4.72. The Morgan fingerprint density at radius 1 is 1.00 bits per heavy atom. The first kappa shape index (κ1) is 13.1. The molecule has 2 aromatic carbocycles. The maximum absolute atomic E-state index is 10.1. The topological polar surface area (TPSA) is 41.1 Å². The van der Waals surface area contributed by atoms with Crippen molar-refractivity contribution < 1.29 is 9.95 Å². The molecule has 3 rings (SSSR count). The van der Waals surface area contributed by atoms with Gasteiger partial charge < -0.3 is 0 Å². The Morgan fingerprint density at radius 2 is 1.76 bits per heavy atom. The van der Waals surface area contributed by atoms with Gasteiger partial charge in [0.15, 0.2) is 0 Å². The Morgan fingerprint density at radius 3 is 2.52 bits per heavy atom. The molecule has 0 atom stereocenters. The lowest BCUT2D eigenvalue weighted by atomic mass is 10.2. The molecule has 0 aliphatic rings. The fourth-order valence-electron chi connectivity index (χ4n) is 2.19. The van der Waals surface area contributed by atoms with E-state index >= 15 is 0 Å². The van der Waals surface area contributed by atoms with E-state index in [2.05, 4.69) is 5.10 Å². The van der Waals surface area contributed by atoms with E-state index in [9.17, 15) is 5.21 Å². The molecule has 0 aliphatic carbocycles. The van der Waals surface area contributed by atoms with Gasteiger partial charge >= 0.3 is 0 Å². The molecule has 104 valence electrons. The predicted octanol–water partition coefficient (Wildman–Crippen LogP) is 2.89. The van der Waals surface area contributed by atoms with Crippen LogP contribution in [0, 0.1) is 0 Å². The summed E-state index contributed by atoms with van der Waals surface area (Å²) in [7, 11) is 0. The van der Waals surface area contributed by atoms with E-state index in [0.29, 0.717) is 6.54 Å². The van der Waals surface area contributed by atoms with Crippen LogP contribution in [0.4, 0.5) is 0 Å². The summed E-state index contributed by atoms with van der Waals surface area (Å²) in [5, 5.41) is 14.4. The van der Waals surface area contributed by atoms with Gasteiger partial charge in [0.05, 0.1) is 11.3 Å². The third-order valence-electron chi connectivity index (χ3n) is 3.16. The maximum atomic E-state index is 10.1. The lowest BCUT2D eigenvalue weighted by Gasteiger charge is -2.04. The van der Waals surface area contributed by atoms with Gasteiger partial charge in [-0.25, -0.2) is 4.68 Å². The number of para-hydroxylation sites is 1.